The van der Waals surface area contributed by atoms with E-state index in [0.717, 1.165) is 0 Å². The van der Waals surface area contributed by atoms with Gasteiger partial charge >= 0.3 is 0 Å². The normalized spacial score (nSPS) is 34.4. The van der Waals surface area contributed by atoms with Gasteiger partial charge in [0.25, 0.3) is 5.91 Å². The molecule has 1 aromatic carbocycles. The SMILES string of the molecule is C[C@H]1c2cccc(O)c2C(O)=C2C(=O)[C@]3(O)C(O)=C(C(N)=O)C(=O)[C@@H](N(C)C)C3[C@@H](O)[C@@H]21. The van der Waals surface area contributed by atoms with Crippen LogP contribution in [0.25, 0.3) is 5.76 Å². The number of Topliss-reactive ketones (excluding diaryl/α,β-unsaturated/α-hetero) is 2. The van der Waals surface area contributed by atoms with Crippen molar-refractivity contribution in [2.45, 2.75) is 30.6 Å². The number of carbonyl (C=O) groups excluding carboxylic acids is 3. The number of nitrogens with two attached hydrogens (primary N) is 1. The molecule has 0 bridgehead atoms. The summed E-state index contributed by atoms with van der Waals surface area (Å²) in [7, 11) is 2.92. The van der Waals surface area contributed by atoms with Crippen molar-refractivity contribution in [2.75, 3.05) is 14.1 Å². The number of nitrogens with zero attached hydrogens (tertiary/aromatic N) is 1. The Bertz CT molecular complexity index is 1140. The molecule has 6 atom stereocenters. The smallest absolute Gasteiger partial charge is 0.255 e. The molecule has 0 radical (unpaired) electrons. The summed E-state index contributed by atoms with van der Waals surface area (Å²) in [5.74, 6) is -8.87. The molecule has 1 amide bonds. The second kappa shape index (κ2) is 6.89. The molecule has 1 unspecified atom stereocenters. The first-order valence-corrected chi connectivity index (χ1v) is 10.0. The highest BCUT2D eigenvalue weighted by atomic mass is 16.4. The van der Waals surface area contributed by atoms with Crippen molar-refractivity contribution in [1.82, 2.24) is 4.90 Å². The number of hydrogen-bond acceptors (Lipinski definition) is 9. The van der Waals surface area contributed by atoms with Crippen LogP contribution in [0.5, 0.6) is 5.75 Å². The Balaban J connectivity index is 2.07. The van der Waals surface area contributed by atoms with Crippen molar-refractivity contribution in [1.29, 1.82) is 0 Å². The molecule has 10 heteroatoms. The van der Waals surface area contributed by atoms with E-state index in [1.54, 1.807) is 19.1 Å². The number of primary amides is 1. The summed E-state index contributed by atoms with van der Waals surface area (Å²) >= 11 is 0. The number of hydrogen-bond donors (Lipinski definition) is 6. The van der Waals surface area contributed by atoms with Gasteiger partial charge in [0.2, 0.25) is 5.78 Å². The first-order valence-electron chi connectivity index (χ1n) is 10.0. The molecule has 1 fully saturated rings. The number of fused-ring (bicyclic) bond motifs is 3. The minimum absolute atomic E-state index is 0.0245. The Morgan fingerprint density at radius 3 is 2.34 bits per heavy atom. The summed E-state index contributed by atoms with van der Waals surface area (Å²) < 4.78 is 0. The molecule has 3 aliphatic rings. The van der Waals surface area contributed by atoms with Crippen LogP contribution in [-0.4, -0.2) is 79.7 Å². The quantitative estimate of drug-likeness (QED) is 0.327. The molecule has 0 saturated heterocycles. The lowest BCUT2D eigenvalue weighted by atomic mass is 9.54. The monoisotopic (exact) mass is 444 g/mol. The van der Waals surface area contributed by atoms with E-state index in [4.69, 9.17) is 5.73 Å². The molecule has 4 rings (SSSR count). The van der Waals surface area contributed by atoms with E-state index >= 15 is 0 Å². The largest absolute Gasteiger partial charge is 0.508 e. The minimum Gasteiger partial charge on any atom is -0.508 e. The van der Waals surface area contributed by atoms with Gasteiger partial charge in [0.05, 0.1) is 23.6 Å². The molecule has 32 heavy (non-hydrogen) atoms. The minimum atomic E-state index is -2.89. The van der Waals surface area contributed by atoms with Gasteiger partial charge in [0.1, 0.15) is 22.8 Å². The summed E-state index contributed by atoms with van der Waals surface area (Å²) in [5.41, 5.74) is 1.47. The highest BCUT2D eigenvalue weighted by Gasteiger charge is 2.68. The van der Waals surface area contributed by atoms with Gasteiger partial charge in [-0.1, -0.05) is 19.1 Å². The Morgan fingerprint density at radius 2 is 1.78 bits per heavy atom. The molecule has 170 valence electrons. The lowest BCUT2D eigenvalue weighted by Crippen LogP contribution is -2.70. The number of likely N-dealkylation sites (N-methyl/N-ethyl adjacent to an activating group) is 1. The number of aliphatic hydroxyl groups is 4. The molecule has 0 aromatic heterocycles. The molecule has 3 aliphatic carbocycles. The predicted octanol–water partition coefficient (Wildman–Crippen LogP) is -0.504. The number of aromatic hydroxyl groups is 1. The van der Waals surface area contributed by atoms with Gasteiger partial charge < -0.3 is 31.3 Å². The van der Waals surface area contributed by atoms with Crippen molar-refractivity contribution in [3.05, 3.63) is 46.2 Å². The van der Waals surface area contributed by atoms with Crippen molar-refractivity contribution in [3.63, 3.8) is 0 Å². The molecule has 7 N–H and O–H groups in total. The fourth-order valence-electron chi connectivity index (χ4n) is 5.58. The number of phenolic OH excluding ortho intramolecular Hbond substituents is 1. The van der Waals surface area contributed by atoms with E-state index in [0.29, 0.717) is 5.56 Å². The van der Waals surface area contributed by atoms with Crippen LogP contribution < -0.4 is 5.73 Å². The van der Waals surface area contributed by atoms with Crippen LogP contribution in [0.2, 0.25) is 0 Å². The third-order valence-corrected chi connectivity index (χ3v) is 6.99. The van der Waals surface area contributed by atoms with Crippen LogP contribution >= 0.6 is 0 Å². The highest BCUT2D eigenvalue weighted by molar-refractivity contribution is 6.24. The van der Waals surface area contributed by atoms with E-state index in [1.807, 2.05) is 0 Å². The molecule has 0 spiro atoms. The van der Waals surface area contributed by atoms with Gasteiger partial charge in [0, 0.05) is 11.5 Å². The summed E-state index contributed by atoms with van der Waals surface area (Å²) in [6.07, 6.45) is -1.59. The molecule has 0 aliphatic heterocycles. The lowest BCUT2D eigenvalue weighted by Gasteiger charge is -2.53. The number of aliphatic hydroxyl groups excluding tert-OH is 3. The average molecular weight is 444 g/mol. The maximum absolute atomic E-state index is 13.7. The summed E-state index contributed by atoms with van der Waals surface area (Å²) in [6.45, 7) is 1.68. The Kier molecular flexibility index (Phi) is 4.74. The zero-order valence-corrected chi connectivity index (χ0v) is 17.6. The number of ketones is 2. The second-order valence-electron chi connectivity index (χ2n) is 8.79. The zero-order valence-electron chi connectivity index (χ0n) is 17.6. The van der Waals surface area contributed by atoms with Crippen molar-refractivity contribution >= 4 is 23.2 Å². The van der Waals surface area contributed by atoms with Crippen LogP contribution in [0, 0.1) is 11.8 Å². The summed E-state index contributed by atoms with van der Waals surface area (Å²) in [5, 5.41) is 54.9. The fraction of sp³-hybridized carbons (Fsp3) is 0.409. The van der Waals surface area contributed by atoms with Crippen molar-refractivity contribution in [2.24, 2.45) is 17.6 Å². The van der Waals surface area contributed by atoms with Crippen LogP contribution in [0.3, 0.4) is 0 Å². The number of rotatable bonds is 2. The van der Waals surface area contributed by atoms with Gasteiger partial charge in [-0.3, -0.25) is 19.3 Å². The van der Waals surface area contributed by atoms with Gasteiger partial charge in [-0.2, -0.15) is 0 Å². The average Bonchev–Trinajstić information content (AvgIpc) is 2.70. The lowest BCUT2D eigenvalue weighted by molar-refractivity contribution is -0.169. The molecule has 1 aromatic rings. The van der Waals surface area contributed by atoms with Crippen molar-refractivity contribution in [3.8, 4) is 5.75 Å². The first-order chi connectivity index (χ1) is 14.9. The topological polar surface area (TPSA) is 182 Å². The molecule has 1 saturated carbocycles. The van der Waals surface area contributed by atoms with Crippen molar-refractivity contribution < 1.29 is 39.9 Å². The second-order valence-corrected chi connectivity index (χ2v) is 8.79. The Morgan fingerprint density at radius 1 is 1.16 bits per heavy atom. The summed E-state index contributed by atoms with van der Waals surface area (Å²) in [6, 6.07) is 3.13. The van der Waals surface area contributed by atoms with Crippen LogP contribution in [-0.2, 0) is 14.4 Å². The number of carbonyl (C=O) groups is 3. The maximum atomic E-state index is 13.7. The van der Waals surface area contributed by atoms with Gasteiger partial charge in [0.15, 0.2) is 11.4 Å². The van der Waals surface area contributed by atoms with E-state index < -0.39 is 75.6 Å². The van der Waals surface area contributed by atoms with E-state index in [1.165, 1.54) is 25.1 Å². The van der Waals surface area contributed by atoms with Crippen LogP contribution in [0.15, 0.2) is 35.1 Å². The fourth-order valence-corrected chi connectivity index (χ4v) is 5.58. The van der Waals surface area contributed by atoms with Gasteiger partial charge in [-0.15, -0.1) is 0 Å². The van der Waals surface area contributed by atoms with E-state index in [2.05, 4.69) is 0 Å². The standard InChI is InChI=1S/C22H24N2O8/c1-7-8-5-4-6-9(25)11(8)16(26)12-10(7)17(27)14-15(24(2)3)18(28)13(21(23)31)20(30)22(14,32)19(12)29/h4-7,10,14-15,17,25-27,30,32H,1-3H3,(H2,23,31)/t7-,10+,14?,15-,17-,22-/m0/s1. The third kappa shape index (κ3) is 2.48. The maximum Gasteiger partial charge on any atom is 0.255 e. The van der Waals surface area contributed by atoms with Crippen LogP contribution in [0.4, 0.5) is 0 Å². The number of phenols is 1. The number of benzene rings is 1. The predicted molar refractivity (Wildman–Crippen MR) is 110 cm³/mol. The Labute approximate surface area is 182 Å². The molecule has 10 nitrogen and oxygen atoms in total. The van der Waals surface area contributed by atoms with Gasteiger partial charge in [-0.05, 0) is 31.6 Å². The summed E-state index contributed by atoms with van der Waals surface area (Å²) in [4.78, 5) is 40.0. The highest BCUT2D eigenvalue weighted by Crippen LogP contribution is 2.55. The Hall–Kier alpha value is -3.21. The zero-order chi connectivity index (χ0) is 23.9. The third-order valence-electron chi connectivity index (χ3n) is 6.99. The molecular formula is C22H24N2O8. The van der Waals surface area contributed by atoms with Gasteiger partial charge in [-0.25, -0.2) is 0 Å². The molecule has 0 heterocycles. The van der Waals surface area contributed by atoms with E-state index in [-0.39, 0.29) is 11.3 Å². The van der Waals surface area contributed by atoms with Crippen LogP contribution in [0.1, 0.15) is 24.0 Å². The number of amides is 1. The van der Waals surface area contributed by atoms with E-state index in [9.17, 15) is 39.9 Å². The molecular weight excluding hydrogens is 420 g/mol. The first kappa shape index (κ1) is 22.0.